The van der Waals surface area contributed by atoms with Crippen LogP contribution < -0.4 is 15.4 Å². The van der Waals surface area contributed by atoms with Gasteiger partial charge in [0.25, 0.3) is 11.8 Å². The van der Waals surface area contributed by atoms with Crippen LogP contribution in [-0.4, -0.2) is 30.0 Å². The van der Waals surface area contributed by atoms with Crippen LogP contribution >= 0.6 is 22.9 Å². The highest BCUT2D eigenvalue weighted by molar-refractivity contribution is 7.19. The van der Waals surface area contributed by atoms with Gasteiger partial charge in [-0.05, 0) is 76.1 Å². The zero-order chi connectivity index (χ0) is 25.8. The van der Waals surface area contributed by atoms with Crippen molar-refractivity contribution >= 4 is 51.4 Å². The Labute approximate surface area is 213 Å². The summed E-state index contributed by atoms with van der Waals surface area (Å²) in [6, 6.07) is 14.0. The molecule has 2 amide bonds. The van der Waals surface area contributed by atoms with E-state index in [9.17, 15) is 14.4 Å². The van der Waals surface area contributed by atoms with Crippen molar-refractivity contribution in [2.24, 2.45) is 0 Å². The van der Waals surface area contributed by atoms with Crippen LogP contribution in [0.3, 0.4) is 0 Å². The molecule has 35 heavy (non-hydrogen) atoms. The molecule has 0 bridgehead atoms. The molecule has 184 valence electrons. The summed E-state index contributed by atoms with van der Waals surface area (Å²) in [5.74, 6) is -1.04. The number of hydrogen-bond acceptors (Lipinski definition) is 6. The Balaban J connectivity index is 1.90. The molecule has 0 atom stereocenters. The minimum absolute atomic E-state index is 0.141. The fourth-order valence-corrected chi connectivity index (χ4v) is 4.47. The van der Waals surface area contributed by atoms with Gasteiger partial charge in [-0.25, -0.2) is 4.79 Å². The highest BCUT2D eigenvalue weighted by Gasteiger charge is 2.33. The van der Waals surface area contributed by atoms with E-state index in [-0.39, 0.29) is 23.1 Å². The summed E-state index contributed by atoms with van der Waals surface area (Å²) >= 11 is 6.93. The molecular formula is C26H27ClN2O5S. The number of para-hydroxylation sites is 1. The van der Waals surface area contributed by atoms with Crippen LogP contribution in [0.2, 0.25) is 5.02 Å². The van der Waals surface area contributed by atoms with Crippen LogP contribution in [0.5, 0.6) is 5.75 Å². The molecule has 3 aromatic rings. The number of carbonyl (C=O) groups excluding carboxylic acids is 3. The van der Waals surface area contributed by atoms with Crippen LogP contribution in [0.15, 0.2) is 48.5 Å². The first-order chi connectivity index (χ1) is 16.5. The number of halogens is 1. The summed E-state index contributed by atoms with van der Waals surface area (Å²) in [5, 5.41) is 6.39. The van der Waals surface area contributed by atoms with Crippen molar-refractivity contribution in [2.45, 2.75) is 40.2 Å². The Kier molecular flexibility index (Phi) is 8.19. The molecule has 2 N–H and O–H groups in total. The van der Waals surface area contributed by atoms with Gasteiger partial charge in [-0.3, -0.25) is 9.59 Å². The lowest BCUT2D eigenvalue weighted by molar-refractivity contribution is -0.128. The van der Waals surface area contributed by atoms with E-state index in [2.05, 4.69) is 10.6 Å². The number of esters is 1. The number of benzene rings is 2. The number of amides is 2. The summed E-state index contributed by atoms with van der Waals surface area (Å²) in [5.41, 5.74) is 0.830. The second kappa shape index (κ2) is 10.9. The number of hydrogen-bond donors (Lipinski definition) is 2. The minimum Gasteiger partial charge on any atom is -0.478 e. The molecule has 0 aliphatic heterocycles. The monoisotopic (exact) mass is 514 g/mol. The van der Waals surface area contributed by atoms with Gasteiger partial charge in [-0.2, -0.15) is 0 Å². The number of nitrogens with one attached hydrogen (secondary N) is 2. The molecule has 1 heterocycles. The van der Waals surface area contributed by atoms with Crippen LogP contribution in [0.1, 0.15) is 51.9 Å². The van der Waals surface area contributed by atoms with E-state index >= 15 is 0 Å². The Morgan fingerprint density at radius 3 is 2.29 bits per heavy atom. The summed E-state index contributed by atoms with van der Waals surface area (Å²) in [7, 11) is 0. The topological polar surface area (TPSA) is 93.7 Å². The predicted molar refractivity (Wildman–Crippen MR) is 139 cm³/mol. The smallest absolute Gasteiger partial charge is 0.341 e. The number of thiophene rings is 1. The molecule has 0 unspecified atom stereocenters. The summed E-state index contributed by atoms with van der Waals surface area (Å²) in [6.45, 7) is 8.58. The lowest BCUT2D eigenvalue weighted by Gasteiger charge is -2.25. The van der Waals surface area contributed by atoms with Crippen LogP contribution in [0, 0.1) is 13.8 Å². The third-order valence-corrected chi connectivity index (χ3v) is 6.64. The molecule has 0 radical (unpaired) electrons. The van der Waals surface area contributed by atoms with Crippen molar-refractivity contribution in [1.82, 2.24) is 0 Å². The van der Waals surface area contributed by atoms with Gasteiger partial charge >= 0.3 is 5.97 Å². The quantitative estimate of drug-likeness (QED) is 0.347. The Hall–Kier alpha value is -3.36. The number of ether oxygens (including phenoxy) is 2. The van der Waals surface area contributed by atoms with Crippen LogP contribution in [-0.2, 0) is 9.53 Å². The molecule has 0 fully saturated rings. The van der Waals surface area contributed by atoms with E-state index in [1.807, 2.05) is 25.1 Å². The molecule has 7 nitrogen and oxygen atoms in total. The van der Waals surface area contributed by atoms with Crippen molar-refractivity contribution in [3.05, 3.63) is 75.1 Å². The number of aryl methyl sites for hydroxylation is 1. The van der Waals surface area contributed by atoms with Gasteiger partial charge in [0.05, 0.1) is 17.0 Å². The Morgan fingerprint density at radius 2 is 1.66 bits per heavy atom. The van der Waals surface area contributed by atoms with Gasteiger partial charge in [-0.1, -0.05) is 29.8 Å². The first kappa shape index (κ1) is 26.2. The number of anilines is 2. The van der Waals surface area contributed by atoms with Gasteiger partial charge in [0.1, 0.15) is 10.8 Å². The maximum Gasteiger partial charge on any atom is 0.341 e. The van der Waals surface area contributed by atoms with Gasteiger partial charge in [0, 0.05) is 10.7 Å². The molecule has 0 saturated carbocycles. The number of rotatable bonds is 8. The van der Waals surface area contributed by atoms with Crippen LogP contribution in [0.25, 0.3) is 0 Å². The number of carbonyl (C=O) groups is 3. The van der Waals surface area contributed by atoms with Gasteiger partial charge in [0.15, 0.2) is 5.60 Å². The zero-order valence-electron chi connectivity index (χ0n) is 20.2. The van der Waals surface area contributed by atoms with E-state index in [1.54, 1.807) is 58.0 Å². The lowest BCUT2D eigenvalue weighted by atomic mass is 10.1. The second-order valence-corrected chi connectivity index (χ2v) is 9.73. The lowest BCUT2D eigenvalue weighted by Crippen LogP contribution is -2.42. The Bertz CT molecular complexity index is 1250. The Morgan fingerprint density at radius 1 is 1.00 bits per heavy atom. The largest absolute Gasteiger partial charge is 0.478 e. The minimum atomic E-state index is -1.29. The summed E-state index contributed by atoms with van der Waals surface area (Å²) in [4.78, 5) is 39.3. The molecule has 3 rings (SSSR count). The third kappa shape index (κ3) is 6.21. The van der Waals surface area contributed by atoms with E-state index in [1.165, 1.54) is 0 Å². The second-order valence-electron chi connectivity index (χ2n) is 8.27. The molecule has 1 aromatic heterocycles. The average molecular weight is 515 g/mol. The zero-order valence-corrected chi connectivity index (χ0v) is 21.7. The van der Waals surface area contributed by atoms with Gasteiger partial charge < -0.3 is 20.1 Å². The van der Waals surface area contributed by atoms with Crippen molar-refractivity contribution < 1.29 is 23.9 Å². The molecule has 0 aliphatic carbocycles. The SMILES string of the molecule is CCOC(=O)c1c(NC(=O)C(C)(C)Oc2ccc(Cl)cc2)sc(C(=O)Nc2ccccc2C)c1C. The van der Waals surface area contributed by atoms with E-state index < -0.39 is 17.5 Å². The van der Waals surface area contributed by atoms with E-state index in [4.69, 9.17) is 21.1 Å². The maximum absolute atomic E-state index is 13.2. The molecule has 9 heteroatoms. The van der Waals surface area contributed by atoms with E-state index in [0.29, 0.717) is 26.9 Å². The molecular weight excluding hydrogens is 488 g/mol. The highest BCUT2D eigenvalue weighted by Crippen LogP contribution is 2.35. The highest BCUT2D eigenvalue weighted by atomic mass is 35.5. The molecule has 0 spiro atoms. The van der Waals surface area contributed by atoms with Gasteiger partial charge in [0.2, 0.25) is 0 Å². The fraction of sp³-hybridized carbons (Fsp3) is 0.269. The van der Waals surface area contributed by atoms with Crippen LogP contribution in [0.4, 0.5) is 10.7 Å². The van der Waals surface area contributed by atoms with E-state index in [0.717, 1.165) is 16.9 Å². The summed E-state index contributed by atoms with van der Waals surface area (Å²) in [6.07, 6.45) is 0. The molecule has 2 aromatic carbocycles. The first-order valence-electron chi connectivity index (χ1n) is 11.0. The normalized spacial score (nSPS) is 11.0. The van der Waals surface area contributed by atoms with Crippen molar-refractivity contribution in [3.8, 4) is 5.75 Å². The predicted octanol–water partition coefficient (Wildman–Crippen LogP) is 6.24. The molecule has 0 saturated heterocycles. The van der Waals surface area contributed by atoms with Crippen molar-refractivity contribution in [2.75, 3.05) is 17.2 Å². The van der Waals surface area contributed by atoms with Crippen molar-refractivity contribution in [3.63, 3.8) is 0 Å². The summed E-state index contributed by atoms with van der Waals surface area (Å²) < 4.78 is 11.0. The fourth-order valence-electron chi connectivity index (χ4n) is 3.26. The standard InChI is InChI=1S/C26H27ClN2O5S/c1-6-33-24(31)20-16(3)21(22(30)28-19-10-8-7-9-15(19)2)35-23(20)29-25(32)26(4,5)34-18-13-11-17(27)12-14-18/h7-14H,6H2,1-5H3,(H,28,30)(H,29,32). The molecule has 0 aliphatic rings. The van der Waals surface area contributed by atoms with Crippen molar-refractivity contribution in [1.29, 1.82) is 0 Å². The third-order valence-electron chi connectivity index (χ3n) is 5.19. The maximum atomic E-state index is 13.2. The first-order valence-corrected chi connectivity index (χ1v) is 12.2. The average Bonchev–Trinajstić information content (AvgIpc) is 3.12. The van der Waals surface area contributed by atoms with Gasteiger partial charge in [-0.15, -0.1) is 11.3 Å².